The smallest absolute Gasteiger partial charge is 0.231 e. The van der Waals surface area contributed by atoms with Crippen molar-refractivity contribution in [3.8, 4) is 17.7 Å². The highest BCUT2D eigenvalue weighted by atomic mass is 16.5. The second-order valence-electron chi connectivity index (χ2n) is 6.38. The molecular formula is C19H21N5O2. The molecule has 1 fully saturated rings. The minimum atomic E-state index is 0.342. The van der Waals surface area contributed by atoms with E-state index in [0.717, 1.165) is 42.3 Å². The molecule has 0 saturated carbocycles. The van der Waals surface area contributed by atoms with E-state index in [4.69, 9.17) is 9.47 Å². The van der Waals surface area contributed by atoms with E-state index in [1.54, 1.807) is 6.20 Å². The molecule has 0 aliphatic carbocycles. The van der Waals surface area contributed by atoms with Crippen molar-refractivity contribution in [1.29, 1.82) is 5.26 Å². The summed E-state index contributed by atoms with van der Waals surface area (Å²) in [6.07, 6.45) is 2.85. The molecule has 7 nitrogen and oxygen atoms in total. The summed E-state index contributed by atoms with van der Waals surface area (Å²) in [6, 6.07) is 10.5. The quantitative estimate of drug-likeness (QED) is 0.874. The van der Waals surface area contributed by atoms with Crippen LogP contribution in [0, 0.1) is 11.3 Å². The molecule has 2 aromatic rings. The van der Waals surface area contributed by atoms with E-state index in [0.29, 0.717) is 30.6 Å². The largest absolute Gasteiger partial charge is 0.490 e. The SMILES string of the molecule is COc1ncc(N2CCOc3ccc(N[C@H]4CCNC4)cc32)cc1C#N. The fourth-order valence-corrected chi connectivity index (χ4v) is 3.42. The molecule has 7 heteroatoms. The Labute approximate surface area is 152 Å². The molecule has 2 aliphatic rings. The molecule has 2 N–H and O–H groups in total. The summed E-state index contributed by atoms with van der Waals surface area (Å²) >= 11 is 0. The van der Waals surface area contributed by atoms with Gasteiger partial charge in [0.2, 0.25) is 5.88 Å². The lowest BCUT2D eigenvalue weighted by Crippen LogP contribution is -2.29. The molecule has 0 amide bonds. The number of methoxy groups -OCH3 is 1. The maximum atomic E-state index is 9.34. The van der Waals surface area contributed by atoms with Crippen LogP contribution in [0.3, 0.4) is 0 Å². The van der Waals surface area contributed by atoms with Crippen molar-refractivity contribution in [1.82, 2.24) is 10.3 Å². The van der Waals surface area contributed by atoms with Crippen LogP contribution in [0.1, 0.15) is 12.0 Å². The van der Waals surface area contributed by atoms with Crippen molar-refractivity contribution in [3.63, 3.8) is 0 Å². The van der Waals surface area contributed by atoms with Crippen molar-refractivity contribution < 1.29 is 9.47 Å². The van der Waals surface area contributed by atoms with Gasteiger partial charge in [-0.05, 0) is 37.2 Å². The van der Waals surface area contributed by atoms with Gasteiger partial charge in [0.1, 0.15) is 24.0 Å². The molecule has 0 spiro atoms. The van der Waals surface area contributed by atoms with E-state index in [-0.39, 0.29) is 0 Å². The first-order chi connectivity index (χ1) is 12.8. The Bertz CT molecular complexity index is 842. The highest BCUT2D eigenvalue weighted by molar-refractivity contribution is 5.75. The Morgan fingerprint density at radius 3 is 3.12 bits per heavy atom. The summed E-state index contributed by atoms with van der Waals surface area (Å²) in [7, 11) is 1.52. The number of hydrogen-bond donors (Lipinski definition) is 2. The number of fused-ring (bicyclic) bond motifs is 1. The van der Waals surface area contributed by atoms with Crippen molar-refractivity contribution in [2.45, 2.75) is 12.5 Å². The zero-order chi connectivity index (χ0) is 17.9. The summed E-state index contributed by atoms with van der Waals surface area (Å²) in [5.41, 5.74) is 3.31. The fourth-order valence-electron chi connectivity index (χ4n) is 3.42. The average Bonchev–Trinajstić information content (AvgIpc) is 3.20. The number of benzene rings is 1. The van der Waals surface area contributed by atoms with Crippen LogP contribution in [0.15, 0.2) is 30.5 Å². The fraction of sp³-hybridized carbons (Fsp3) is 0.368. The van der Waals surface area contributed by atoms with E-state index in [2.05, 4.69) is 32.7 Å². The second-order valence-corrected chi connectivity index (χ2v) is 6.38. The van der Waals surface area contributed by atoms with Crippen LogP contribution < -0.4 is 25.0 Å². The molecule has 0 bridgehead atoms. The average molecular weight is 351 g/mol. The van der Waals surface area contributed by atoms with Crippen LogP contribution in [0.2, 0.25) is 0 Å². The van der Waals surface area contributed by atoms with Crippen molar-refractivity contribution >= 4 is 17.1 Å². The highest BCUT2D eigenvalue weighted by Gasteiger charge is 2.22. The van der Waals surface area contributed by atoms with Gasteiger partial charge in [0, 0.05) is 18.3 Å². The van der Waals surface area contributed by atoms with Crippen molar-refractivity contribution in [2.24, 2.45) is 0 Å². The number of anilines is 3. The van der Waals surface area contributed by atoms with Crippen molar-refractivity contribution in [2.75, 3.05) is 43.6 Å². The summed E-state index contributed by atoms with van der Waals surface area (Å²) in [5.74, 6) is 1.18. The first-order valence-electron chi connectivity index (χ1n) is 8.74. The number of nitrogens with zero attached hydrogens (tertiary/aromatic N) is 3. The predicted molar refractivity (Wildman–Crippen MR) is 99.3 cm³/mol. The molecule has 0 radical (unpaired) electrons. The van der Waals surface area contributed by atoms with Gasteiger partial charge in [-0.2, -0.15) is 5.26 Å². The number of pyridine rings is 1. The van der Waals surface area contributed by atoms with Gasteiger partial charge in [-0.25, -0.2) is 4.98 Å². The van der Waals surface area contributed by atoms with Crippen LogP contribution in [-0.4, -0.2) is 44.4 Å². The number of rotatable bonds is 4. The lowest BCUT2D eigenvalue weighted by atomic mass is 10.1. The number of aromatic nitrogens is 1. The first-order valence-corrected chi connectivity index (χ1v) is 8.74. The normalized spacial score (nSPS) is 18.6. The molecule has 2 aliphatic heterocycles. The van der Waals surface area contributed by atoms with Crippen LogP contribution in [0.5, 0.6) is 11.6 Å². The van der Waals surface area contributed by atoms with Gasteiger partial charge in [-0.1, -0.05) is 0 Å². The Morgan fingerprint density at radius 1 is 1.42 bits per heavy atom. The monoisotopic (exact) mass is 351 g/mol. The Morgan fingerprint density at radius 2 is 2.35 bits per heavy atom. The summed E-state index contributed by atoms with van der Waals surface area (Å²) in [6.45, 7) is 3.30. The van der Waals surface area contributed by atoms with Gasteiger partial charge in [-0.3, -0.25) is 0 Å². The Balaban J connectivity index is 1.66. The van der Waals surface area contributed by atoms with Gasteiger partial charge in [0.15, 0.2) is 0 Å². The zero-order valence-corrected chi connectivity index (χ0v) is 14.7. The summed E-state index contributed by atoms with van der Waals surface area (Å²) in [4.78, 5) is 6.40. The first kappa shape index (κ1) is 16.5. The van der Waals surface area contributed by atoms with E-state index in [1.807, 2.05) is 18.2 Å². The maximum Gasteiger partial charge on any atom is 0.231 e. The van der Waals surface area contributed by atoms with Gasteiger partial charge in [0.25, 0.3) is 0 Å². The van der Waals surface area contributed by atoms with Gasteiger partial charge < -0.3 is 25.0 Å². The lowest BCUT2D eigenvalue weighted by Gasteiger charge is -2.32. The third-order valence-electron chi connectivity index (χ3n) is 4.72. The predicted octanol–water partition coefficient (Wildman–Crippen LogP) is 2.27. The third kappa shape index (κ3) is 3.11. The molecule has 0 unspecified atom stereocenters. The van der Waals surface area contributed by atoms with Crippen LogP contribution in [0.25, 0.3) is 0 Å². The molecule has 1 aromatic carbocycles. The van der Waals surface area contributed by atoms with Crippen LogP contribution in [-0.2, 0) is 0 Å². The van der Waals surface area contributed by atoms with Crippen LogP contribution >= 0.6 is 0 Å². The van der Waals surface area contributed by atoms with E-state index in [9.17, 15) is 5.26 Å². The molecular weight excluding hydrogens is 330 g/mol. The van der Waals surface area contributed by atoms with E-state index < -0.39 is 0 Å². The topological polar surface area (TPSA) is 82.4 Å². The standard InChI is InChI=1S/C19H21N5O2/c1-25-19-13(10-20)8-16(12-22-19)24-6-7-26-18-3-2-14(9-17(18)24)23-15-4-5-21-11-15/h2-3,8-9,12,15,21,23H,4-7,11H2,1H3/t15-/m0/s1. The molecule has 1 atom stereocenters. The van der Waals surface area contributed by atoms with Gasteiger partial charge in [0.05, 0.1) is 31.2 Å². The minimum Gasteiger partial charge on any atom is -0.490 e. The van der Waals surface area contributed by atoms with Crippen molar-refractivity contribution in [3.05, 3.63) is 36.0 Å². The molecule has 134 valence electrons. The number of hydrogen-bond acceptors (Lipinski definition) is 7. The lowest BCUT2D eigenvalue weighted by molar-refractivity contribution is 0.314. The molecule has 1 saturated heterocycles. The van der Waals surface area contributed by atoms with E-state index >= 15 is 0 Å². The van der Waals surface area contributed by atoms with Gasteiger partial charge in [-0.15, -0.1) is 0 Å². The number of ether oxygens (including phenoxy) is 2. The summed E-state index contributed by atoms with van der Waals surface area (Å²) < 4.78 is 11.0. The number of nitriles is 1. The second kappa shape index (κ2) is 7.10. The molecule has 1 aromatic heterocycles. The zero-order valence-electron chi connectivity index (χ0n) is 14.7. The number of nitrogens with one attached hydrogen (secondary N) is 2. The minimum absolute atomic E-state index is 0.342. The van der Waals surface area contributed by atoms with E-state index in [1.165, 1.54) is 7.11 Å². The summed E-state index contributed by atoms with van der Waals surface area (Å²) in [5, 5.41) is 16.3. The molecule has 26 heavy (non-hydrogen) atoms. The third-order valence-corrected chi connectivity index (χ3v) is 4.72. The highest BCUT2D eigenvalue weighted by Crippen LogP contribution is 2.39. The van der Waals surface area contributed by atoms with Crippen LogP contribution in [0.4, 0.5) is 17.1 Å². The maximum absolute atomic E-state index is 9.34. The molecule has 4 rings (SSSR count). The Kier molecular flexibility index (Phi) is 4.50. The van der Waals surface area contributed by atoms with Gasteiger partial charge >= 0.3 is 0 Å². The molecule has 3 heterocycles. The Hall–Kier alpha value is -2.98.